The molecule has 2 unspecified atom stereocenters. The molecule has 0 bridgehead atoms. The van der Waals surface area contributed by atoms with E-state index in [1.165, 1.54) is 4.90 Å². The van der Waals surface area contributed by atoms with Crippen LogP contribution in [0.1, 0.15) is 17.9 Å². The summed E-state index contributed by atoms with van der Waals surface area (Å²) in [5, 5.41) is 10.1. The summed E-state index contributed by atoms with van der Waals surface area (Å²) < 4.78 is 0. The third-order valence-electron chi connectivity index (χ3n) is 3.25. The number of amides is 1. The summed E-state index contributed by atoms with van der Waals surface area (Å²) in [5.41, 5.74) is 6.96. The highest BCUT2D eigenvalue weighted by Crippen LogP contribution is 2.30. The van der Waals surface area contributed by atoms with E-state index in [4.69, 9.17) is 34.0 Å². The van der Waals surface area contributed by atoms with Crippen molar-refractivity contribution in [3.8, 4) is 0 Å². The zero-order valence-corrected chi connectivity index (χ0v) is 11.2. The lowest BCUT2D eigenvalue weighted by Crippen LogP contribution is -2.47. The molecular weight excluding hydrogens is 275 g/mol. The highest BCUT2D eigenvalue weighted by Gasteiger charge is 2.30. The van der Waals surface area contributed by atoms with Crippen LogP contribution in [0.4, 0.5) is 4.79 Å². The molecule has 1 heterocycles. The van der Waals surface area contributed by atoms with Gasteiger partial charge >= 0.3 is 6.09 Å². The first-order valence-corrected chi connectivity index (χ1v) is 6.42. The maximum absolute atomic E-state index is 11.0. The minimum Gasteiger partial charge on any atom is -0.465 e. The summed E-state index contributed by atoms with van der Waals surface area (Å²) in [6.07, 6.45) is -0.277. The molecule has 0 radical (unpaired) electrons. The topological polar surface area (TPSA) is 66.6 Å². The van der Waals surface area contributed by atoms with E-state index in [1.807, 2.05) is 0 Å². The Labute approximate surface area is 115 Å². The van der Waals surface area contributed by atoms with Gasteiger partial charge in [0.2, 0.25) is 0 Å². The van der Waals surface area contributed by atoms with E-state index in [-0.39, 0.29) is 12.0 Å². The lowest BCUT2D eigenvalue weighted by molar-refractivity contribution is 0.126. The van der Waals surface area contributed by atoms with Gasteiger partial charge in [-0.25, -0.2) is 4.79 Å². The predicted molar refractivity (Wildman–Crippen MR) is 71.4 cm³/mol. The number of hydrogen-bond acceptors (Lipinski definition) is 2. The molecule has 1 saturated heterocycles. The van der Waals surface area contributed by atoms with E-state index in [1.54, 1.807) is 18.2 Å². The van der Waals surface area contributed by atoms with Crippen molar-refractivity contribution in [3.63, 3.8) is 0 Å². The number of piperidine rings is 1. The van der Waals surface area contributed by atoms with E-state index >= 15 is 0 Å². The Hall–Kier alpha value is -0.970. The highest BCUT2D eigenvalue weighted by atomic mass is 35.5. The first-order valence-electron chi connectivity index (χ1n) is 5.67. The van der Waals surface area contributed by atoms with Crippen molar-refractivity contribution in [3.05, 3.63) is 33.8 Å². The number of carboxylic acid groups (broad SMARTS) is 1. The molecule has 6 heteroatoms. The minimum atomic E-state index is -0.917. The van der Waals surface area contributed by atoms with Crippen LogP contribution in [-0.2, 0) is 0 Å². The van der Waals surface area contributed by atoms with Crippen LogP contribution in [-0.4, -0.2) is 35.2 Å². The molecule has 3 N–H and O–H groups in total. The summed E-state index contributed by atoms with van der Waals surface area (Å²) >= 11 is 11.9. The van der Waals surface area contributed by atoms with Gasteiger partial charge in [-0.05, 0) is 30.2 Å². The molecular formula is C12H14Cl2N2O2. The zero-order valence-electron chi connectivity index (χ0n) is 9.64. The Balaban J connectivity index is 2.26. The van der Waals surface area contributed by atoms with E-state index in [2.05, 4.69) is 0 Å². The normalized spacial score (nSPS) is 24.1. The number of hydrogen-bond donors (Lipinski definition) is 2. The zero-order chi connectivity index (χ0) is 13.3. The number of nitrogens with two attached hydrogens (primary N) is 1. The number of benzene rings is 1. The fourth-order valence-corrected chi connectivity index (χ4v) is 2.83. The van der Waals surface area contributed by atoms with Gasteiger partial charge < -0.3 is 15.7 Å². The van der Waals surface area contributed by atoms with Crippen LogP contribution >= 0.6 is 23.2 Å². The predicted octanol–water partition coefficient (Wildman–Crippen LogP) is 2.79. The van der Waals surface area contributed by atoms with Gasteiger partial charge in [-0.3, -0.25) is 0 Å². The second-order valence-electron chi connectivity index (χ2n) is 4.49. The summed E-state index contributed by atoms with van der Waals surface area (Å²) in [6, 6.07) is 5.16. The molecule has 0 saturated carbocycles. The molecule has 0 aliphatic carbocycles. The van der Waals surface area contributed by atoms with Gasteiger partial charge in [-0.1, -0.05) is 23.2 Å². The van der Waals surface area contributed by atoms with Gasteiger partial charge in [0.25, 0.3) is 0 Å². The molecule has 1 amide bonds. The first-order chi connectivity index (χ1) is 8.47. The summed E-state index contributed by atoms with van der Waals surface area (Å²) in [7, 11) is 0. The molecule has 1 aliphatic heterocycles. The van der Waals surface area contributed by atoms with Gasteiger partial charge in [0, 0.05) is 35.1 Å². The number of halogens is 2. The third-order valence-corrected chi connectivity index (χ3v) is 3.69. The van der Waals surface area contributed by atoms with Crippen LogP contribution < -0.4 is 5.73 Å². The van der Waals surface area contributed by atoms with Crippen LogP contribution in [0.2, 0.25) is 10.0 Å². The summed E-state index contributed by atoms with van der Waals surface area (Å²) in [5.74, 6) is -0.0638. The highest BCUT2D eigenvalue weighted by molar-refractivity contribution is 6.34. The van der Waals surface area contributed by atoms with E-state index in [0.717, 1.165) is 5.56 Å². The van der Waals surface area contributed by atoms with Crippen molar-refractivity contribution in [1.29, 1.82) is 0 Å². The lowest BCUT2D eigenvalue weighted by atomic mass is 9.87. The second kappa shape index (κ2) is 5.34. The molecule has 2 atom stereocenters. The first kappa shape index (κ1) is 13.5. The fraction of sp³-hybridized carbons (Fsp3) is 0.417. The lowest BCUT2D eigenvalue weighted by Gasteiger charge is -2.35. The molecule has 1 aromatic rings. The Morgan fingerprint density at radius 2 is 1.94 bits per heavy atom. The van der Waals surface area contributed by atoms with Crippen molar-refractivity contribution in [2.75, 3.05) is 13.1 Å². The maximum Gasteiger partial charge on any atom is 0.407 e. The van der Waals surface area contributed by atoms with Crippen molar-refractivity contribution in [2.45, 2.75) is 18.4 Å². The Bertz CT molecular complexity index is 447. The van der Waals surface area contributed by atoms with Gasteiger partial charge in [0.15, 0.2) is 0 Å². The maximum atomic E-state index is 11.0. The molecule has 4 nitrogen and oxygen atoms in total. The third kappa shape index (κ3) is 2.88. The van der Waals surface area contributed by atoms with Crippen LogP contribution in [0.5, 0.6) is 0 Å². The number of nitrogens with zero attached hydrogens (tertiary/aromatic N) is 1. The molecule has 2 rings (SSSR count). The van der Waals surface area contributed by atoms with Gasteiger partial charge in [-0.2, -0.15) is 0 Å². The Kier molecular flexibility index (Phi) is 4.00. The number of carbonyl (C=O) groups is 1. The molecule has 0 aromatic heterocycles. The average Bonchev–Trinajstić information content (AvgIpc) is 2.27. The quantitative estimate of drug-likeness (QED) is 0.835. The Morgan fingerprint density at radius 1 is 1.33 bits per heavy atom. The van der Waals surface area contributed by atoms with Crippen LogP contribution in [0.15, 0.2) is 18.2 Å². The molecule has 1 aromatic carbocycles. The van der Waals surface area contributed by atoms with Crippen LogP contribution in [0, 0.1) is 0 Å². The van der Waals surface area contributed by atoms with Crippen molar-refractivity contribution in [1.82, 2.24) is 4.90 Å². The summed E-state index contributed by atoms with van der Waals surface area (Å²) in [4.78, 5) is 12.4. The SMILES string of the molecule is NC1CCN(C(=O)O)CC1c1cc(Cl)cc(Cl)c1. The molecule has 98 valence electrons. The number of rotatable bonds is 1. The second-order valence-corrected chi connectivity index (χ2v) is 5.36. The van der Waals surface area contributed by atoms with Gasteiger partial charge in [-0.15, -0.1) is 0 Å². The van der Waals surface area contributed by atoms with Crippen molar-refractivity contribution >= 4 is 29.3 Å². The average molecular weight is 289 g/mol. The van der Waals surface area contributed by atoms with Gasteiger partial charge in [0.05, 0.1) is 0 Å². The van der Waals surface area contributed by atoms with Gasteiger partial charge in [0.1, 0.15) is 0 Å². The van der Waals surface area contributed by atoms with Crippen molar-refractivity contribution < 1.29 is 9.90 Å². The Morgan fingerprint density at radius 3 is 2.50 bits per heavy atom. The molecule has 1 aliphatic rings. The smallest absolute Gasteiger partial charge is 0.407 e. The molecule has 0 spiro atoms. The standard InChI is InChI=1S/C12H14Cl2N2O2/c13-8-3-7(4-9(14)5-8)10-6-16(12(17)18)2-1-11(10)15/h3-5,10-11H,1-2,6,15H2,(H,17,18). The number of likely N-dealkylation sites (tertiary alicyclic amines) is 1. The minimum absolute atomic E-state index is 0.0638. The van der Waals surface area contributed by atoms with Crippen molar-refractivity contribution in [2.24, 2.45) is 5.73 Å². The largest absolute Gasteiger partial charge is 0.465 e. The van der Waals surface area contributed by atoms with E-state index < -0.39 is 6.09 Å². The molecule has 1 fully saturated rings. The van der Waals surface area contributed by atoms with Crippen LogP contribution in [0.3, 0.4) is 0 Å². The van der Waals surface area contributed by atoms with Crippen LogP contribution in [0.25, 0.3) is 0 Å². The van der Waals surface area contributed by atoms with E-state index in [9.17, 15) is 4.79 Å². The summed E-state index contributed by atoms with van der Waals surface area (Å²) in [6.45, 7) is 0.856. The van der Waals surface area contributed by atoms with E-state index in [0.29, 0.717) is 29.6 Å². The molecule has 18 heavy (non-hydrogen) atoms. The fourth-order valence-electron chi connectivity index (χ4n) is 2.29. The monoisotopic (exact) mass is 288 g/mol.